The van der Waals surface area contributed by atoms with Gasteiger partial charge in [-0.1, -0.05) is 19.9 Å². The molecule has 5 nitrogen and oxygen atoms in total. The molecule has 1 amide bonds. The number of amides is 1. The van der Waals surface area contributed by atoms with Crippen LogP contribution < -0.4 is 16.0 Å². The first-order valence-electron chi connectivity index (χ1n) is 8.52. The average Bonchev–Trinajstić information content (AvgIpc) is 2.64. The predicted octanol–water partition coefficient (Wildman–Crippen LogP) is 2.93. The van der Waals surface area contributed by atoms with Gasteiger partial charge in [0.25, 0.3) is 0 Å². The van der Waals surface area contributed by atoms with E-state index in [0.717, 1.165) is 18.5 Å². The Balaban J connectivity index is 2.08. The van der Waals surface area contributed by atoms with Crippen molar-refractivity contribution in [3.8, 4) is 11.3 Å². The van der Waals surface area contributed by atoms with Crippen LogP contribution >= 0.6 is 0 Å². The summed E-state index contributed by atoms with van der Waals surface area (Å²) in [6.45, 7) is 5.11. The molecule has 0 aliphatic heterocycles. The Labute approximate surface area is 148 Å². The van der Waals surface area contributed by atoms with E-state index in [2.05, 4.69) is 20.9 Å². The molecule has 25 heavy (non-hydrogen) atoms. The third-order valence-corrected chi connectivity index (χ3v) is 4.00. The Bertz CT molecular complexity index is 720. The largest absolute Gasteiger partial charge is 0.386 e. The van der Waals surface area contributed by atoms with E-state index >= 15 is 0 Å². The summed E-state index contributed by atoms with van der Waals surface area (Å²) in [5.41, 5.74) is 2.74. The van der Waals surface area contributed by atoms with Gasteiger partial charge < -0.3 is 16.0 Å². The summed E-state index contributed by atoms with van der Waals surface area (Å²) >= 11 is 0. The van der Waals surface area contributed by atoms with Crippen LogP contribution in [0.25, 0.3) is 11.3 Å². The van der Waals surface area contributed by atoms with Gasteiger partial charge >= 0.3 is 0 Å². The van der Waals surface area contributed by atoms with Gasteiger partial charge in [0, 0.05) is 25.4 Å². The topological polar surface area (TPSA) is 66.0 Å². The summed E-state index contributed by atoms with van der Waals surface area (Å²) < 4.78 is 13.9. The highest BCUT2D eigenvalue weighted by molar-refractivity contribution is 5.81. The number of carbonyl (C=O) groups is 1. The number of nitrogens with zero attached hydrogens (tertiary/aromatic N) is 1. The molecule has 0 aliphatic carbocycles. The summed E-state index contributed by atoms with van der Waals surface area (Å²) in [5.74, 6) is -0.343. The minimum Gasteiger partial charge on any atom is -0.386 e. The highest BCUT2D eigenvalue weighted by Crippen LogP contribution is 2.23. The summed E-state index contributed by atoms with van der Waals surface area (Å²) in [6.07, 6.45) is 2.40. The van der Waals surface area contributed by atoms with Crippen LogP contribution in [0.5, 0.6) is 0 Å². The van der Waals surface area contributed by atoms with Gasteiger partial charge in [-0.3, -0.25) is 9.78 Å². The van der Waals surface area contributed by atoms with E-state index in [1.54, 1.807) is 19.3 Å². The van der Waals surface area contributed by atoms with Crippen molar-refractivity contribution in [2.75, 3.05) is 18.9 Å². The van der Waals surface area contributed by atoms with Gasteiger partial charge in [-0.2, -0.15) is 0 Å². The third kappa shape index (κ3) is 5.00. The Hall–Kier alpha value is -2.47. The van der Waals surface area contributed by atoms with Crippen LogP contribution in [0.4, 0.5) is 10.1 Å². The number of hydrogen-bond donors (Lipinski definition) is 3. The van der Waals surface area contributed by atoms with Gasteiger partial charge in [-0.15, -0.1) is 0 Å². The molecule has 1 aromatic heterocycles. The van der Waals surface area contributed by atoms with Crippen molar-refractivity contribution in [3.05, 3.63) is 47.9 Å². The van der Waals surface area contributed by atoms with E-state index < -0.39 is 0 Å². The molecule has 0 aliphatic rings. The van der Waals surface area contributed by atoms with Gasteiger partial charge in [-0.25, -0.2) is 4.39 Å². The molecule has 0 spiro atoms. The second-order valence-corrected chi connectivity index (χ2v) is 5.73. The standard InChI is InChI=1S/C19H25FN4O/c1-4-16(22-5-2)19(25)24-12-13-8-9-23-18(10-13)14-6-7-17(21-3)15(20)11-14/h6-11,16,21-22H,4-5,12H2,1-3H3,(H,24,25)/t16-/m0/s1. The van der Waals surface area contributed by atoms with Crippen LogP contribution in [0.3, 0.4) is 0 Å². The number of likely N-dealkylation sites (N-methyl/N-ethyl adjacent to an activating group) is 1. The van der Waals surface area contributed by atoms with Crippen molar-refractivity contribution in [2.24, 2.45) is 0 Å². The smallest absolute Gasteiger partial charge is 0.237 e. The SMILES string of the molecule is CCN[C@@H](CC)C(=O)NCc1ccnc(-c2ccc(NC)c(F)c2)c1. The minimum atomic E-state index is -0.322. The lowest BCUT2D eigenvalue weighted by atomic mass is 10.1. The molecule has 1 aromatic carbocycles. The summed E-state index contributed by atoms with van der Waals surface area (Å²) in [4.78, 5) is 16.5. The van der Waals surface area contributed by atoms with Gasteiger partial charge in [0.1, 0.15) is 5.82 Å². The average molecular weight is 344 g/mol. The normalized spacial score (nSPS) is 11.8. The Morgan fingerprint density at radius 3 is 2.68 bits per heavy atom. The van der Waals surface area contributed by atoms with Crippen LogP contribution in [-0.4, -0.2) is 30.5 Å². The first-order chi connectivity index (χ1) is 12.1. The molecule has 6 heteroatoms. The number of pyridine rings is 1. The van der Waals surface area contributed by atoms with E-state index in [4.69, 9.17) is 0 Å². The number of carbonyl (C=O) groups excluding carboxylic acids is 1. The number of halogens is 1. The van der Waals surface area contributed by atoms with E-state index in [0.29, 0.717) is 23.5 Å². The highest BCUT2D eigenvalue weighted by atomic mass is 19.1. The zero-order chi connectivity index (χ0) is 18.2. The molecular weight excluding hydrogens is 319 g/mol. The summed E-state index contributed by atoms with van der Waals surface area (Å²) in [5, 5.41) is 8.88. The molecule has 0 saturated carbocycles. The Morgan fingerprint density at radius 2 is 2.04 bits per heavy atom. The first kappa shape index (κ1) is 18.9. The van der Waals surface area contributed by atoms with Gasteiger partial charge in [0.2, 0.25) is 5.91 Å². The first-order valence-corrected chi connectivity index (χ1v) is 8.52. The number of rotatable bonds is 8. The van der Waals surface area contributed by atoms with Gasteiger partial charge in [-0.05, 0) is 42.8 Å². The second kappa shape index (κ2) is 9.13. The Kier molecular flexibility index (Phi) is 6.89. The van der Waals surface area contributed by atoms with Crippen molar-refractivity contribution in [2.45, 2.75) is 32.9 Å². The van der Waals surface area contributed by atoms with Crippen molar-refractivity contribution in [1.29, 1.82) is 0 Å². The molecule has 0 bridgehead atoms. The number of aromatic nitrogens is 1. The lowest BCUT2D eigenvalue weighted by Gasteiger charge is -2.15. The quantitative estimate of drug-likeness (QED) is 0.689. The number of nitrogens with one attached hydrogen (secondary N) is 3. The molecular formula is C19H25FN4O. The van der Waals surface area contributed by atoms with E-state index in [1.165, 1.54) is 6.07 Å². The van der Waals surface area contributed by atoms with Crippen LogP contribution in [-0.2, 0) is 11.3 Å². The van der Waals surface area contributed by atoms with Gasteiger partial charge in [0.15, 0.2) is 0 Å². The fourth-order valence-electron chi connectivity index (χ4n) is 2.60. The molecule has 0 unspecified atom stereocenters. The number of hydrogen-bond acceptors (Lipinski definition) is 4. The van der Waals surface area contributed by atoms with Crippen LogP contribution in [0, 0.1) is 5.82 Å². The maximum Gasteiger partial charge on any atom is 0.237 e. The number of anilines is 1. The van der Waals surface area contributed by atoms with Crippen molar-refractivity contribution >= 4 is 11.6 Å². The molecule has 2 rings (SSSR count). The minimum absolute atomic E-state index is 0.0212. The lowest BCUT2D eigenvalue weighted by molar-refractivity contribution is -0.123. The molecule has 3 N–H and O–H groups in total. The summed E-state index contributed by atoms with van der Waals surface area (Å²) in [7, 11) is 1.68. The molecule has 134 valence electrons. The van der Waals surface area contributed by atoms with Crippen LogP contribution in [0.15, 0.2) is 36.5 Å². The number of benzene rings is 1. The third-order valence-electron chi connectivity index (χ3n) is 4.00. The maximum absolute atomic E-state index is 13.9. The molecule has 1 heterocycles. The maximum atomic E-state index is 13.9. The van der Waals surface area contributed by atoms with Crippen LogP contribution in [0.2, 0.25) is 0 Å². The van der Waals surface area contributed by atoms with Gasteiger partial charge in [0.05, 0.1) is 17.4 Å². The van der Waals surface area contributed by atoms with E-state index in [9.17, 15) is 9.18 Å². The van der Waals surface area contributed by atoms with Crippen molar-refractivity contribution in [1.82, 2.24) is 15.6 Å². The zero-order valence-electron chi connectivity index (χ0n) is 14.9. The highest BCUT2D eigenvalue weighted by Gasteiger charge is 2.14. The summed E-state index contributed by atoms with van der Waals surface area (Å²) in [6, 6.07) is 8.48. The fourth-order valence-corrected chi connectivity index (χ4v) is 2.60. The lowest BCUT2D eigenvalue weighted by Crippen LogP contribution is -2.43. The molecule has 0 radical (unpaired) electrons. The molecule has 0 saturated heterocycles. The Morgan fingerprint density at radius 1 is 1.24 bits per heavy atom. The fraction of sp³-hybridized carbons (Fsp3) is 0.368. The molecule has 1 atom stereocenters. The van der Waals surface area contributed by atoms with E-state index in [1.807, 2.05) is 32.0 Å². The monoisotopic (exact) mass is 344 g/mol. The second-order valence-electron chi connectivity index (χ2n) is 5.73. The van der Waals surface area contributed by atoms with E-state index in [-0.39, 0.29) is 17.8 Å². The molecule has 2 aromatic rings. The van der Waals surface area contributed by atoms with Crippen molar-refractivity contribution in [3.63, 3.8) is 0 Å². The van der Waals surface area contributed by atoms with Crippen LogP contribution in [0.1, 0.15) is 25.8 Å². The zero-order valence-corrected chi connectivity index (χ0v) is 14.9. The molecule has 0 fully saturated rings. The predicted molar refractivity (Wildman–Crippen MR) is 98.8 cm³/mol. The van der Waals surface area contributed by atoms with Crippen molar-refractivity contribution < 1.29 is 9.18 Å².